The van der Waals surface area contributed by atoms with E-state index in [1.807, 2.05) is 13.8 Å². The molecular formula is C10H18N4O2S. The van der Waals surface area contributed by atoms with Gasteiger partial charge in [-0.2, -0.15) is 4.31 Å². The number of pyridine rings is 1. The minimum absolute atomic E-state index is 0.0503. The van der Waals surface area contributed by atoms with Gasteiger partial charge in [-0.1, -0.05) is 13.8 Å². The predicted molar refractivity (Wildman–Crippen MR) is 66.7 cm³/mol. The zero-order valence-corrected chi connectivity index (χ0v) is 11.0. The van der Waals surface area contributed by atoms with Crippen LogP contribution in [-0.4, -0.2) is 31.3 Å². The summed E-state index contributed by atoms with van der Waals surface area (Å²) in [7, 11) is -2.07. The first-order chi connectivity index (χ1) is 7.89. The summed E-state index contributed by atoms with van der Waals surface area (Å²) in [5, 5.41) is -0.0503. The molecule has 0 aliphatic carbocycles. The summed E-state index contributed by atoms with van der Waals surface area (Å²) in [6, 6.07) is 3.19. The number of anilines is 1. The second-order valence-corrected chi connectivity index (χ2v) is 6.14. The van der Waals surface area contributed by atoms with E-state index in [1.54, 1.807) is 12.1 Å². The minimum atomic E-state index is -3.60. The molecule has 0 amide bonds. The van der Waals surface area contributed by atoms with Crippen LogP contribution < -0.4 is 11.3 Å². The van der Waals surface area contributed by atoms with Crippen LogP contribution in [0.1, 0.15) is 13.8 Å². The van der Waals surface area contributed by atoms with Crippen LogP contribution in [0.5, 0.6) is 0 Å². The van der Waals surface area contributed by atoms with Gasteiger partial charge in [0, 0.05) is 19.8 Å². The molecule has 0 bridgehead atoms. The summed E-state index contributed by atoms with van der Waals surface area (Å²) >= 11 is 0. The maximum atomic E-state index is 12.2. The third kappa shape index (κ3) is 3.15. The van der Waals surface area contributed by atoms with E-state index < -0.39 is 10.0 Å². The maximum absolute atomic E-state index is 12.2. The molecule has 17 heavy (non-hydrogen) atoms. The summed E-state index contributed by atoms with van der Waals surface area (Å²) in [6.45, 7) is 4.34. The van der Waals surface area contributed by atoms with Gasteiger partial charge in [-0.3, -0.25) is 5.84 Å². The molecule has 0 unspecified atom stereocenters. The molecule has 96 valence electrons. The number of hydrogen-bond acceptors (Lipinski definition) is 5. The van der Waals surface area contributed by atoms with E-state index in [9.17, 15) is 8.42 Å². The topological polar surface area (TPSA) is 88.3 Å². The smallest absolute Gasteiger partial charge is 0.262 e. The Balaban J connectivity index is 3.13. The standard InChI is InChI=1S/C10H18N4O2S/c1-8(2)7-14(3)17(15,16)10-9(13-11)5-4-6-12-10/h4-6,8,13H,7,11H2,1-3H3. The second kappa shape index (κ2) is 5.44. The monoisotopic (exact) mass is 258 g/mol. The minimum Gasteiger partial charge on any atom is -0.321 e. The molecule has 0 radical (unpaired) electrons. The van der Waals surface area contributed by atoms with E-state index in [0.717, 1.165) is 0 Å². The van der Waals surface area contributed by atoms with E-state index in [0.29, 0.717) is 12.2 Å². The van der Waals surface area contributed by atoms with E-state index in [1.165, 1.54) is 17.5 Å². The van der Waals surface area contributed by atoms with Gasteiger partial charge in [0.05, 0.1) is 5.69 Å². The molecule has 7 heteroatoms. The summed E-state index contributed by atoms with van der Waals surface area (Å²) in [6.07, 6.45) is 1.43. The Hall–Kier alpha value is -1.18. The van der Waals surface area contributed by atoms with Crippen LogP contribution in [0, 0.1) is 5.92 Å². The molecule has 0 fully saturated rings. The summed E-state index contributed by atoms with van der Waals surface area (Å²) in [4.78, 5) is 3.88. The number of nitrogen functional groups attached to an aromatic ring is 1. The number of nitrogens with one attached hydrogen (secondary N) is 1. The van der Waals surface area contributed by atoms with Crippen molar-refractivity contribution in [3.8, 4) is 0 Å². The van der Waals surface area contributed by atoms with Crippen LogP contribution in [0.15, 0.2) is 23.4 Å². The summed E-state index contributed by atoms with van der Waals surface area (Å²) < 4.78 is 25.7. The fourth-order valence-corrected chi connectivity index (χ4v) is 2.85. The third-order valence-electron chi connectivity index (χ3n) is 2.20. The van der Waals surface area contributed by atoms with Gasteiger partial charge in [0.1, 0.15) is 0 Å². The van der Waals surface area contributed by atoms with E-state index in [-0.39, 0.29) is 10.9 Å². The zero-order valence-electron chi connectivity index (χ0n) is 10.2. The lowest BCUT2D eigenvalue weighted by molar-refractivity contribution is 0.415. The van der Waals surface area contributed by atoms with Crippen molar-refractivity contribution in [2.75, 3.05) is 19.0 Å². The van der Waals surface area contributed by atoms with E-state index in [4.69, 9.17) is 5.84 Å². The molecule has 0 aliphatic rings. The van der Waals surface area contributed by atoms with Crippen LogP contribution in [-0.2, 0) is 10.0 Å². The lowest BCUT2D eigenvalue weighted by atomic mass is 10.2. The molecule has 1 aromatic rings. The lowest BCUT2D eigenvalue weighted by Gasteiger charge is -2.19. The number of hydrogen-bond donors (Lipinski definition) is 2. The Morgan fingerprint density at radius 1 is 1.53 bits per heavy atom. The molecule has 0 aromatic carbocycles. The molecular weight excluding hydrogens is 240 g/mol. The number of hydrazine groups is 1. The van der Waals surface area contributed by atoms with Gasteiger partial charge in [0.2, 0.25) is 0 Å². The van der Waals surface area contributed by atoms with Gasteiger partial charge in [-0.05, 0) is 18.1 Å². The van der Waals surface area contributed by atoms with Gasteiger partial charge < -0.3 is 5.43 Å². The highest BCUT2D eigenvalue weighted by Crippen LogP contribution is 2.20. The third-order valence-corrected chi connectivity index (χ3v) is 3.99. The Labute approximate surface area is 102 Å². The Morgan fingerprint density at radius 2 is 2.18 bits per heavy atom. The van der Waals surface area contributed by atoms with Crippen molar-refractivity contribution in [2.24, 2.45) is 11.8 Å². The van der Waals surface area contributed by atoms with Crippen LogP contribution in [0.3, 0.4) is 0 Å². The molecule has 0 atom stereocenters. The SMILES string of the molecule is CC(C)CN(C)S(=O)(=O)c1ncccc1NN. The highest BCUT2D eigenvalue weighted by atomic mass is 32.2. The van der Waals surface area contributed by atoms with Crippen molar-refractivity contribution in [1.82, 2.24) is 9.29 Å². The molecule has 0 saturated heterocycles. The molecule has 3 N–H and O–H groups in total. The molecule has 1 aromatic heterocycles. The summed E-state index contributed by atoms with van der Waals surface area (Å²) in [5.41, 5.74) is 2.64. The van der Waals surface area contributed by atoms with Gasteiger partial charge in [-0.25, -0.2) is 13.4 Å². The first-order valence-corrected chi connectivity index (χ1v) is 6.71. The molecule has 0 saturated carbocycles. The fraction of sp³-hybridized carbons (Fsp3) is 0.500. The molecule has 0 spiro atoms. The van der Waals surface area contributed by atoms with Crippen molar-refractivity contribution < 1.29 is 8.42 Å². The van der Waals surface area contributed by atoms with Gasteiger partial charge in [0.25, 0.3) is 10.0 Å². The van der Waals surface area contributed by atoms with E-state index in [2.05, 4.69) is 10.4 Å². The van der Waals surface area contributed by atoms with Crippen molar-refractivity contribution in [2.45, 2.75) is 18.9 Å². The predicted octanol–water partition coefficient (Wildman–Crippen LogP) is 0.644. The molecule has 1 heterocycles. The average Bonchev–Trinajstić information content (AvgIpc) is 2.28. The first-order valence-electron chi connectivity index (χ1n) is 5.27. The van der Waals surface area contributed by atoms with E-state index >= 15 is 0 Å². The number of rotatable bonds is 5. The Morgan fingerprint density at radius 3 is 2.71 bits per heavy atom. The van der Waals surface area contributed by atoms with Crippen LogP contribution >= 0.6 is 0 Å². The first kappa shape index (κ1) is 13.9. The molecule has 1 rings (SSSR count). The normalized spacial score (nSPS) is 12.1. The number of aromatic nitrogens is 1. The van der Waals surface area contributed by atoms with Gasteiger partial charge in [0.15, 0.2) is 5.03 Å². The highest BCUT2D eigenvalue weighted by Gasteiger charge is 2.25. The van der Waals surface area contributed by atoms with Crippen molar-refractivity contribution >= 4 is 15.7 Å². The Bertz CT molecular complexity index is 473. The van der Waals surface area contributed by atoms with Crippen LogP contribution in [0.4, 0.5) is 5.69 Å². The maximum Gasteiger partial charge on any atom is 0.262 e. The van der Waals surface area contributed by atoms with Gasteiger partial charge >= 0.3 is 0 Å². The second-order valence-electron chi connectivity index (χ2n) is 4.18. The molecule has 0 aliphatic heterocycles. The fourth-order valence-electron chi connectivity index (χ4n) is 1.47. The Kier molecular flexibility index (Phi) is 4.44. The van der Waals surface area contributed by atoms with Crippen molar-refractivity contribution in [3.05, 3.63) is 18.3 Å². The highest BCUT2D eigenvalue weighted by molar-refractivity contribution is 7.89. The van der Waals surface area contributed by atoms with Crippen LogP contribution in [0.2, 0.25) is 0 Å². The van der Waals surface area contributed by atoms with Crippen LogP contribution in [0.25, 0.3) is 0 Å². The zero-order chi connectivity index (χ0) is 13.1. The number of nitrogens with two attached hydrogens (primary N) is 1. The summed E-state index contributed by atoms with van der Waals surface area (Å²) in [5.74, 6) is 5.52. The number of sulfonamides is 1. The van der Waals surface area contributed by atoms with Crippen molar-refractivity contribution in [1.29, 1.82) is 0 Å². The number of nitrogens with zero attached hydrogens (tertiary/aromatic N) is 2. The quantitative estimate of drug-likeness (QED) is 0.598. The van der Waals surface area contributed by atoms with Crippen molar-refractivity contribution in [3.63, 3.8) is 0 Å². The van der Waals surface area contributed by atoms with Gasteiger partial charge in [-0.15, -0.1) is 0 Å². The average molecular weight is 258 g/mol. The lowest BCUT2D eigenvalue weighted by Crippen LogP contribution is -2.31. The molecule has 6 nitrogen and oxygen atoms in total. The largest absolute Gasteiger partial charge is 0.321 e.